The molecule has 3 nitrogen and oxygen atoms in total. The maximum absolute atomic E-state index is 4.70. The minimum Gasteiger partial charge on any atom is -0.264 e. The van der Waals surface area contributed by atoms with E-state index < -0.39 is 0 Å². The molecule has 114 valence electrons. The van der Waals surface area contributed by atoms with E-state index in [4.69, 9.17) is 4.98 Å². The number of rotatable bonds is 3. The second-order valence-corrected chi connectivity index (χ2v) is 5.45. The Balaban J connectivity index is 1.75. The standard InChI is InChI=1S/C21H15N3/c1-2-6-16(7-3-1)17-8-4-9-18(14-17)20-11-13-23-21(24-20)19-10-5-12-22-15-19/h1-15H. The van der Waals surface area contributed by atoms with Crippen LogP contribution in [0.3, 0.4) is 0 Å². The van der Waals surface area contributed by atoms with E-state index in [9.17, 15) is 0 Å². The van der Waals surface area contributed by atoms with Crippen LogP contribution in [0.25, 0.3) is 33.8 Å². The molecule has 0 aliphatic heterocycles. The van der Waals surface area contributed by atoms with Gasteiger partial charge in [0.25, 0.3) is 0 Å². The predicted octanol–water partition coefficient (Wildman–Crippen LogP) is 4.87. The van der Waals surface area contributed by atoms with Crippen LogP contribution in [0.2, 0.25) is 0 Å². The summed E-state index contributed by atoms with van der Waals surface area (Å²) in [6.07, 6.45) is 5.32. The molecule has 0 fully saturated rings. The molecule has 0 spiro atoms. The summed E-state index contributed by atoms with van der Waals surface area (Å²) < 4.78 is 0. The van der Waals surface area contributed by atoms with Crippen LogP contribution in [0, 0.1) is 0 Å². The zero-order valence-electron chi connectivity index (χ0n) is 13.0. The third-order valence-electron chi connectivity index (χ3n) is 3.84. The van der Waals surface area contributed by atoms with E-state index in [1.54, 1.807) is 18.6 Å². The third-order valence-corrected chi connectivity index (χ3v) is 3.84. The van der Waals surface area contributed by atoms with Crippen molar-refractivity contribution in [2.45, 2.75) is 0 Å². The average Bonchev–Trinajstić information content (AvgIpc) is 2.70. The Morgan fingerprint density at radius 1 is 0.583 bits per heavy atom. The fraction of sp³-hybridized carbons (Fsp3) is 0. The summed E-state index contributed by atoms with van der Waals surface area (Å²) in [5, 5.41) is 0. The second-order valence-electron chi connectivity index (χ2n) is 5.45. The first-order chi connectivity index (χ1) is 11.9. The number of pyridine rings is 1. The molecule has 3 heteroatoms. The van der Waals surface area contributed by atoms with Gasteiger partial charge in [0, 0.05) is 29.7 Å². The minimum atomic E-state index is 0.686. The van der Waals surface area contributed by atoms with E-state index in [2.05, 4.69) is 46.4 Å². The van der Waals surface area contributed by atoms with Crippen molar-refractivity contribution in [3.8, 4) is 33.8 Å². The van der Waals surface area contributed by atoms with Crippen molar-refractivity contribution >= 4 is 0 Å². The Kier molecular flexibility index (Phi) is 3.82. The Morgan fingerprint density at radius 2 is 1.38 bits per heavy atom. The molecule has 4 rings (SSSR count). The molecule has 0 atom stereocenters. The lowest BCUT2D eigenvalue weighted by Crippen LogP contribution is -1.92. The first kappa shape index (κ1) is 14.3. The molecular formula is C21H15N3. The van der Waals surface area contributed by atoms with Gasteiger partial charge >= 0.3 is 0 Å². The van der Waals surface area contributed by atoms with Crippen LogP contribution < -0.4 is 0 Å². The van der Waals surface area contributed by atoms with Gasteiger partial charge in [-0.1, -0.05) is 48.5 Å². The zero-order chi connectivity index (χ0) is 16.2. The summed E-state index contributed by atoms with van der Waals surface area (Å²) in [6.45, 7) is 0. The monoisotopic (exact) mass is 309 g/mol. The maximum atomic E-state index is 4.70. The fourth-order valence-corrected chi connectivity index (χ4v) is 2.64. The molecule has 2 heterocycles. The maximum Gasteiger partial charge on any atom is 0.161 e. The van der Waals surface area contributed by atoms with Crippen LogP contribution >= 0.6 is 0 Å². The molecule has 4 aromatic rings. The first-order valence-electron chi connectivity index (χ1n) is 7.79. The molecule has 0 bridgehead atoms. The van der Waals surface area contributed by atoms with Gasteiger partial charge in [-0.25, -0.2) is 9.97 Å². The molecule has 2 aromatic carbocycles. The van der Waals surface area contributed by atoms with Crippen molar-refractivity contribution in [2.75, 3.05) is 0 Å². The van der Waals surface area contributed by atoms with E-state index in [1.807, 2.05) is 36.4 Å². The Bertz CT molecular complexity index is 870. The van der Waals surface area contributed by atoms with E-state index in [0.29, 0.717) is 5.82 Å². The Labute approximate surface area is 140 Å². The van der Waals surface area contributed by atoms with Gasteiger partial charge in [0.15, 0.2) is 5.82 Å². The highest BCUT2D eigenvalue weighted by molar-refractivity contribution is 5.72. The van der Waals surface area contributed by atoms with E-state index in [1.165, 1.54) is 11.1 Å². The topological polar surface area (TPSA) is 38.7 Å². The summed E-state index contributed by atoms with van der Waals surface area (Å²) in [6, 6.07) is 24.5. The summed E-state index contributed by atoms with van der Waals surface area (Å²) in [7, 11) is 0. The van der Waals surface area contributed by atoms with Crippen LogP contribution in [0.5, 0.6) is 0 Å². The lowest BCUT2D eigenvalue weighted by atomic mass is 10.0. The third kappa shape index (κ3) is 2.92. The van der Waals surface area contributed by atoms with Gasteiger partial charge in [-0.3, -0.25) is 4.98 Å². The van der Waals surface area contributed by atoms with Crippen molar-refractivity contribution in [1.29, 1.82) is 0 Å². The molecule has 0 aliphatic rings. The van der Waals surface area contributed by atoms with Gasteiger partial charge in [-0.05, 0) is 35.4 Å². The van der Waals surface area contributed by atoms with Crippen molar-refractivity contribution in [1.82, 2.24) is 15.0 Å². The lowest BCUT2D eigenvalue weighted by Gasteiger charge is -2.07. The number of aromatic nitrogens is 3. The quantitative estimate of drug-likeness (QED) is 0.542. The van der Waals surface area contributed by atoms with Crippen LogP contribution in [0.1, 0.15) is 0 Å². The smallest absolute Gasteiger partial charge is 0.161 e. The largest absolute Gasteiger partial charge is 0.264 e. The lowest BCUT2D eigenvalue weighted by molar-refractivity contribution is 1.17. The molecule has 0 saturated carbocycles. The Hall–Kier alpha value is -3.33. The summed E-state index contributed by atoms with van der Waals surface area (Å²) in [5.41, 5.74) is 5.26. The zero-order valence-corrected chi connectivity index (χ0v) is 13.0. The van der Waals surface area contributed by atoms with Gasteiger partial charge in [-0.2, -0.15) is 0 Å². The van der Waals surface area contributed by atoms with Crippen LogP contribution in [-0.4, -0.2) is 15.0 Å². The number of hydrogen-bond acceptors (Lipinski definition) is 3. The van der Waals surface area contributed by atoms with E-state index >= 15 is 0 Å². The average molecular weight is 309 g/mol. The van der Waals surface area contributed by atoms with Crippen LogP contribution in [-0.2, 0) is 0 Å². The SMILES string of the molecule is c1ccc(-c2cccc(-c3ccnc(-c4cccnc4)n3)c2)cc1. The van der Waals surface area contributed by atoms with Crippen molar-refractivity contribution < 1.29 is 0 Å². The fourth-order valence-electron chi connectivity index (χ4n) is 2.64. The molecule has 0 aliphatic carbocycles. The minimum absolute atomic E-state index is 0.686. The predicted molar refractivity (Wildman–Crippen MR) is 96.1 cm³/mol. The van der Waals surface area contributed by atoms with Gasteiger partial charge in [-0.15, -0.1) is 0 Å². The van der Waals surface area contributed by atoms with Gasteiger partial charge < -0.3 is 0 Å². The molecule has 0 saturated heterocycles. The number of nitrogens with zero attached hydrogens (tertiary/aromatic N) is 3. The van der Waals surface area contributed by atoms with Gasteiger partial charge in [0.1, 0.15) is 0 Å². The second kappa shape index (κ2) is 6.42. The normalized spacial score (nSPS) is 10.5. The first-order valence-corrected chi connectivity index (χ1v) is 7.79. The Morgan fingerprint density at radius 3 is 2.21 bits per heavy atom. The number of hydrogen-bond donors (Lipinski definition) is 0. The number of benzene rings is 2. The van der Waals surface area contributed by atoms with Crippen molar-refractivity contribution in [3.05, 3.63) is 91.4 Å². The highest BCUT2D eigenvalue weighted by Crippen LogP contribution is 2.26. The van der Waals surface area contributed by atoms with E-state index in [-0.39, 0.29) is 0 Å². The van der Waals surface area contributed by atoms with Gasteiger partial charge in [0.2, 0.25) is 0 Å². The summed E-state index contributed by atoms with van der Waals surface area (Å²) in [5.74, 6) is 0.686. The van der Waals surface area contributed by atoms with Crippen molar-refractivity contribution in [3.63, 3.8) is 0 Å². The molecule has 24 heavy (non-hydrogen) atoms. The molecule has 0 radical (unpaired) electrons. The highest BCUT2D eigenvalue weighted by atomic mass is 14.9. The van der Waals surface area contributed by atoms with Crippen LogP contribution in [0.4, 0.5) is 0 Å². The summed E-state index contributed by atoms with van der Waals surface area (Å²) >= 11 is 0. The van der Waals surface area contributed by atoms with Crippen LogP contribution in [0.15, 0.2) is 91.4 Å². The molecule has 0 amide bonds. The molecule has 2 aromatic heterocycles. The summed E-state index contributed by atoms with van der Waals surface area (Å²) in [4.78, 5) is 13.2. The van der Waals surface area contributed by atoms with Gasteiger partial charge in [0.05, 0.1) is 5.69 Å². The molecular weight excluding hydrogens is 294 g/mol. The highest BCUT2D eigenvalue weighted by Gasteiger charge is 2.06. The molecule has 0 unspecified atom stereocenters. The molecule has 0 N–H and O–H groups in total. The van der Waals surface area contributed by atoms with E-state index in [0.717, 1.165) is 16.8 Å². The van der Waals surface area contributed by atoms with Crippen molar-refractivity contribution in [2.24, 2.45) is 0 Å².